The van der Waals surface area contributed by atoms with Gasteiger partial charge in [-0.05, 0) is 37.0 Å². The van der Waals surface area contributed by atoms with E-state index in [0.717, 1.165) is 19.1 Å². The van der Waals surface area contributed by atoms with Crippen LogP contribution >= 0.6 is 0 Å². The van der Waals surface area contributed by atoms with Crippen LogP contribution in [0.5, 0.6) is 0 Å². The van der Waals surface area contributed by atoms with Crippen molar-refractivity contribution in [3.8, 4) is 0 Å². The van der Waals surface area contributed by atoms with Crippen molar-refractivity contribution in [2.75, 3.05) is 32.2 Å². The Morgan fingerprint density at radius 1 is 1.24 bits per heavy atom. The van der Waals surface area contributed by atoms with Gasteiger partial charge in [0.05, 0.1) is 10.6 Å². The molecule has 21 heavy (non-hydrogen) atoms. The number of rotatable bonds is 6. The summed E-state index contributed by atoms with van der Waals surface area (Å²) in [5.74, 6) is 0.418. The maximum Gasteiger partial charge on any atom is 0.244 e. The van der Waals surface area contributed by atoms with Gasteiger partial charge in [-0.25, -0.2) is 21.1 Å². The lowest BCUT2D eigenvalue weighted by atomic mass is 10.3. The Bertz CT molecular complexity index is 737. The molecule has 0 spiro atoms. The van der Waals surface area contributed by atoms with Gasteiger partial charge in [0.1, 0.15) is 4.90 Å². The van der Waals surface area contributed by atoms with Gasteiger partial charge < -0.3 is 5.32 Å². The van der Waals surface area contributed by atoms with Crippen molar-refractivity contribution in [1.82, 2.24) is 4.31 Å². The average molecular weight is 332 g/mol. The second-order valence-electron chi connectivity index (χ2n) is 5.41. The normalized spacial score (nSPS) is 16.2. The largest absolute Gasteiger partial charge is 0.387 e. The van der Waals surface area contributed by atoms with E-state index >= 15 is 0 Å². The Labute approximate surface area is 126 Å². The maximum absolute atomic E-state index is 12.6. The Balaban J connectivity index is 2.48. The number of hydrogen-bond acceptors (Lipinski definition) is 5. The second kappa shape index (κ2) is 5.58. The van der Waals surface area contributed by atoms with Crippen LogP contribution in [0.2, 0.25) is 0 Å². The van der Waals surface area contributed by atoms with Crippen molar-refractivity contribution in [1.29, 1.82) is 0 Å². The molecule has 0 atom stereocenters. The Kier molecular flexibility index (Phi) is 4.32. The van der Waals surface area contributed by atoms with Gasteiger partial charge in [-0.1, -0.05) is 0 Å². The maximum atomic E-state index is 12.6. The van der Waals surface area contributed by atoms with E-state index < -0.39 is 19.9 Å². The minimum absolute atomic E-state index is 0.0000954. The van der Waals surface area contributed by atoms with Crippen LogP contribution in [0, 0.1) is 5.92 Å². The summed E-state index contributed by atoms with van der Waals surface area (Å²) in [5.41, 5.74) is 0.394. The first-order chi connectivity index (χ1) is 9.66. The molecule has 1 aliphatic carbocycles. The van der Waals surface area contributed by atoms with Gasteiger partial charge in [-0.2, -0.15) is 0 Å². The fraction of sp³-hybridized carbons (Fsp3) is 0.538. The van der Waals surface area contributed by atoms with E-state index in [1.807, 2.05) is 0 Å². The topological polar surface area (TPSA) is 83.5 Å². The zero-order valence-corrected chi connectivity index (χ0v) is 14.0. The summed E-state index contributed by atoms with van der Waals surface area (Å²) in [6.07, 6.45) is 3.15. The molecule has 0 bridgehead atoms. The molecule has 8 heteroatoms. The third-order valence-corrected chi connectivity index (χ3v) is 6.52. The predicted molar refractivity (Wildman–Crippen MR) is 81.6 cm³/mol. The Morgan fingerprint density at radius 2 is 1.86 bits per heavy atom. The van der Waals surface area contributed by atoms with Crippen molar-refractivity contribution in [3.63, 3.8) is 0 Å². The predicted octanol–water partition coefficient (Wildman–Crippen LogP) is 1.16. The number of sulfonamides is 1. The average Bonchev–Trinajstić information content (AvgIpc) is 3.20. The van der Waals surface area contributed by atoms with Crippen LogP contribution in [-0.4, -0.2) is 48.0 Å². The molecule has 2 rings (SSSR count). The van der Waals surface area contributed by atoms with E-state index in [0.29, 0.717) is 18.2 Å². The van der Waals surface area contributed by atoms with Crippen molar-refractivity contribution in [3.05, 3.63) is 18.2 Å². The molecule has 1 aromatic rings. The summed E-state index contributed by atoms with van der Waals surface area (Å²) in [5, 5.41) is 2.80. The highest BCUT2D eigenvalue weighted by atomic mass is 32.2. The second-order valence-corrected chi connectivity index (χ2v) is 9.44. The fourth-order valence-corrected chi connectivity index (χ4v) is 4.27. The molecule has 1 N–H and O–H groups in total. The summed E-state index contributed by atoms with van der Waals surface area (Å²) in [6.45, 7) is 0.467. The Morgan fingerprint density at radius 3 is 2.33 bits per heavy atom. The SMILES string of the molecule is CNc1ccc(S(C)(=O)=O)cc1S(=O)(=O)N(C)CC1CC1. The first kappa shape index (κ1) is 16.3. The lowest BCUT2D eigenvalue weighted by Crippen LogP contribution is -2.29. The van der Waals surface area contributed by atoms with Crippen molar-refractivity contribution < 1.29 is 16.8 Å². The molecule has 0 aliphatic heterocycles. The molecular formula is C13H20N2O4S2. The third kappa shape index (κ3) is 3.56. The lowest BCUT2D eigenvalue weighted by molar-refractivity contribution is 0.453. The molecule has 0 heterocycles. The number of sulfone groups is 1. The molecule has 1 saturated carbocycles. The summed E-state index contributed by atoms with van der Waals surface area (Å²) >= 11 is 0. The summed E-state index contributed by atoms with van der Waals surface area (Å²) < 4.78 is 49.9. The van der Waals surface area contributed by atoms with E-state index in [-0.39, 0.29) is 9.79 Å². The standard InChI is InChI=1S/C13H20N2O4S2/c1-14-12-7-6-11(20(3,16)17)8-13(12)21(18,19)15(2)9-10-4-5-10/h6-8,10,14H,4-5,9H2,1-3H3. The highest BCUT2D eigenvalue weighted by Gasteiger charge is 2.31. The number of benzene rings is 1. The summed E-state index contributed by atoms with van der Waals surface area (Å²) in [6, 6.07) is 4.11. The van der Waals surface area contributed by atoms with E-state index in [4.69, 9.17) is 0 Å². The zero-order valence-electron chi connectivity index (χ0n) is 12.3. The molecular weight excluding hydrogens is 312 g/mol. The van der Waals surface area contributed by atoms with Gasteiger partial charge >= 0.3 is 0 Å². The lowest BCUT2D eigenvalue weighted by Gasteiger charge is -2.19. The van der Waals surface area contributed by atoms with Crippen LogP contribution in [-0.2, 0) is 19.9 Å². The Hall–Kier alpha value is -1.12. The first-order valence-corrected chi connectivity index (χ1v) is 9.97. The molecule has 6 nitrogen and oxygen atoms in total. The molecule has 0 unspecified atom stereocenters. The van der Waals surface area contributed by atoms with Gasteiger partial charge in [-0.3, -0.25) is 0 Å². The first-order valence-electron chi connectivity index (χ1n) is 6.64. The van der Waals surface area contributed by atoms with Crippen LogP contribution in [0.15, 0.2) is 28.0 Å². The van der Waals surface area contributed by atoms with Gasteiger partial charge in [0.25, 0.3) is 0 Å². The van der Waals surface area contributed by atoms with E-state index in [9.17, 15) is 16.8 Å². The molecule has 0 radical (unpaired) electrons. The van der Waals surface area contributed by atoms with Crippen LogP contribution in [0.3, 0.4) is 0 Å². The van der Waals surface area contributed by atoms with Crippen molar-refractivity contribution in [2.24, 2.45) is 5.92 Å². The quantitative estimate of drug-likeness (QED) is 0.845. The summed E-state index contributed by atoms with van der Waals surface area (Å²) in [7, 11) is -4.04. The van der Waals surface area contributed by atoms with Crippen LogP contribution in [0.4, 0.5) is 5.69 Å². The summed E-state index contributed by atoms with van der Waals surface area (Å²) in [4.78, 5) is -0.00373. The number of hydrogen-bond donors (Lipinski definition) is 1. The number of anilines is 1. The van der Waals surface area contributed by atoms with Gasteiger partial charge in [0, 0.05) is 26.9 Å². The monoisotopic (exact) mass is 332 g/mol. The van der Waals surface area contributed by atoms with E-state index in [2.05, 4.69) is 5.32 Å². The highest BCUT2D eigenvalue weighted by molar-refractivity contribution is 7.91. The number of nitrogens with zero attached hydrogens (tertiary/aromatic N) is 1. The number of nitrogens with one attached hydrogen (secondary N) is 1. The zero-order chi connectivity index (χ0) is 15.8. The van der Waals surface area contributed by atoms with E-state index in [1.165, 1.54) is 29.6 Å². The van der Waals surface area contributed by atoms with Crippen LogP contribution in [0.1, 0.15) is 12.8 Å². The third-order valence-electron chi connectivity index (χ3n) is 3.55. The van der Waals surface area contributed by atoms with Crippen LogP contribution < -0.4 is 5.32 Å². The molecule has 1 aliphatic rings. The molecule has 118 valence electrons. The minimum Gasteiger partial charge on any atom is -0.387 e. The van der Waals surface area contributed by atoms with Crippen LogP contribution in [0.25, 0.3) is 0 Å². The van der Waals surface area contributed by atoms with Crippen molar-refractivity contribution >= 4 is 25.5 Å². The highest BCUT2D eigenvalue weighted by Crippen LogP contribution is 2.32. The minimum atomic E-state index is -3.71. The van der Waals surface area contributed by atoms with Crippen molar-refractivity contribution in [2.45, 2.75) is 22.6 Å². The van der Waals surface area contributed by atoms with Gasteiger partial charge in [-0.15, -0.1) is 0 Å². The molecule has 0 amide bonds. The molecule has 0 aromatic heterocycles. The molecule has 1 fully saturated rings. The smallest absolute Gasteiger partial charge is 0.244 e. The molecule has 1 aromatic carbocycles. The van der Waals surface area contributed by atoms with Gasteiger partial charge in [0.2, 0.25) is 10.0 Å². The fourth-order valence-electron chi connectivity index (χ4n) is 2.08. The molecule has 0 saturated heterocycles. The van der Waals surface area contributed by atoms with E-state index in [1.54, 1.807) is 7.05 Å². The van der Waals surface area contributed by atoms with Gasteiger partial charge in [0.15, 0.2) is 9.84 Å².